The average molecular weight is 778 g/mol. The monoisotopic (exact) mass is 777 g/mol. The maximum Gasteiger partial charge on any atom is 0.260 e. The van der Waals surface area contributed by atoms with Crippen molar-refractivity contribution >= 4 is 50.9 Å². The van der Waals surface area contributed by atoms with Gasteiger partial charge in [0.1, 0.15) is 23.0 Å². The van der Waals surface area contributed by atoms with Crippen molar-refractivity contribution in [1.29, 1.82) is 0 Å². The maximum absolute atomic E-state index is 6.90. The van der Waals surface area contributed by atoms with Gasteiger partial charge in [-0.1, -0.05) is 133 Å². The summed E-state index contributed by atoms with van der Waals surface area (Å²) in [6.45, 7) is -0.0157. The first-order chi connectivity index (χ1) is 30.3. The lowest BCUT2D eigenvalue weighted by atomic mass is 9.35. The van der Waals surface area contributed by atoms with Crippen LogP contribution < -0.4 is 25.9 Å². The molecule has 0 bridgehead atoms. The number of hydrogen-bond donors (Lipinski definition) is 0. The quantitative estimate of drug-likeness (QED) is 0.164. The number of imidazole rings is 2. The molecule has 0 amide bonds. The third kappa shape index (κ3) is 4.53. The Morgan fingerprint density at radius 2 is 0.836 bits per heavy atom. The smallest absolute Gasteiger partial charge is 0.260 e. The Bertz CT molecular complexity index is 3620. The second-order valence-electron chi connectivity index (χ2n) is 16.2. The van der Waals surface area contributed by atoms with E-state index < -0.39 is 0 Å². The average Bonchev–Trinajstić information content (AvgIpc) is 3.85. The van der Waals surface area contributed by atoms with Gasteiger partial charge in [0.25, 0.3) is 6.71 Å². The van der Waals surface area contributed by atoms with Crippen molar-refractivity contribution in [3.05, 3.63) is 194 Å². The van der Waals surface area contributed by atoms with Crippen molar-refractivity contribution in [2.45, 2.75) is 0 Å². The molecular weight excluding hydrogens is 745 g/mol. The number of benzene rings is 9. The second kappa shape index (κ2) is 12.2. The van der Waals surface area contributed by atoms with Gasteiger partial charge in [0.05, 0.1) is 27.8 Å². The molecule has 3 aliphatic rings. The van der Waals surface area contributed by atoms with Crippen LogP contribution in [0.5, 0.6) is 23.0 Å². The first kappa shape index (κ1) is 32.8. The minimum absolute atomic E-state index is 0.0157. The lowest BCUT2D eigenvalue weighted by Crippen LogP contribution is -2.57. The van der Waals surface area contributed by atoms with Gasteiger partial charge >= 0.3 is 0 Å². The van der Waals surface area contributed by atoms with Crippen molar-refractivity contribution in [2.24, 2.45) is 0 Å². The SMILES string of the molecule is c1ccc2c(c1)Oc1cc(-c3cc4c(cc3-n3c5ccccc5n5c6ccccc6nc35)-c3ccccc3-c3ccccc3-c3ccccc3-4)cc3c1B2c1ccccc1O3. The molecule has 61 heavy (non-hydrogen) atoms. The van der Waals surface area contributed by atoms with Crippen LogP contribution in [-0.4, -0.2) is 20.7 Å². The van der Waals surface area contributed by atoms with E-state index in [0.29, 0.717) is 0 Å². The fraction of sp³-hybridized carbons (Fsp3) is 0. The summed E-state index contributed by atoms with van der Waals surface area (Å²) in [5.41, 5.74) is 20.0. The molecule has 14 rings (SSSR count). The molecule has 282 valence electrons. The third-order valence-electron chi connectivity index (χ3n) is 13.0. The number of ether oxygens (including phenoxy) is 2. The Morgan fingerprint density at radius 1 is 0.377 bits per heavy atom. The Balaban J connectivity index is 1.13. The molecule has 0 fully saturated rings. The minimum Gasteiger partial charge on any atom is -0.458 e. The maximum atomic E-state index is 6.90. The van der Waals surface area contributed by atoms with Crippen LogP contribution in [0.2, 0.25) is 0 Å². The van der Waals surface area contributed by atoms with Crippen LogP contribution in [0, 0.1) is 0 Å². The number of aromatic nitrogens is 3. The van der Waals surface area contributed by atoms with Crippen LogP contribution in [0.15, 0.2) is 194 Å². The Kier molecular flexibility index (Phi) is 6.58. The van der Waals surface area contributed by atoms with Crippen molar-refractivity contribution in [3.63, 3.8) is 0 Å². The standard InChI is InChI=1S/C55H32BN3O2/c1-2-16-35-34(15-1)36-17-3-5-19-38(36)41-31-40(33-29-52-54-53(30-33)61-51-28-14-8-22-44(51)56(54)43-21-7-13-27-50(43)60-52)49(32-42(41)39-20-6-4-18-37(35)39)59-48-26-12-11-25-47(48)58-46-24-10-9-23-45(46)57-55(58)59/h1-32H. The first-order valence-corrected chi connectivity index (χ1v) is 20.8. The summed E-state index contributed by atoms with van der Waals surface area (Å²) >= 11 is 0. The van der Waals surface area contributed by atoms with E-state index in [4.69, 9.17) is 14.5 Å². The van der Waals surface area contributed by atoms with Gasteiger partial charge in [-0.05, 0) is 122 Å². The lowest BCUT2D eigenvalue weighted by molar-refractivity contribution is 0.465. The number of rotatable bonds is 2. The highest BCUT2D eigenvalue weighted by Gasteiger charge is 2.40. The molecule has 5 nitrogen and oxygen atoms in total. The van der Waals surface area contributed by atoms with Crippen LogP contribution in [-0.2, 0) is 0 Å². The number of para-hydroxylation sites is 6. The number of fused-ring (bicyclic) bond motifs is 17. The molecule has 11 aromatic rings. The molecule has 2 aromatic heterocycles. The zero-order valence-electron chi connectivity index (χ0n) is 32.7. The summed E-state index contributed by atoms with van der Waals surface area (Å²) in [6, 6.07) is 69.6. The van der Waals surface area contributed by atoms with Gasteiger partial charge in [0.2, 0.25) is 5.78 Å². The Labute approximate surface area is 351 Å². The molecule has 0 N–H and O–H groups in total. The molecule has 1 aliphatic carbocycles. The normalized spacial score (nSPS) is 12.8. The molecule has 0 radical (unpaired) electrons. The van der Waals surface area contributed by atoms with Gasteiger partial charge in [-0.3, -0.25) is 8.97 Å². The van der Waals surface area contributed by atoms with Gasteiger partial charge in [-0.2, -0.15) is 0 Å². The summed E-state index contributed by atoms with van der Waals surface area (Å²) in [7, 11) is 0. The molecule has 9 aromatic carbocycles. The topological polar surface area (TPSA) is 40.7 Å². The largest absolute Gasteiger partial charge is 0.458 e. The highest BCUT2D eigenvalue weighted by atomic mass is 16.5. The van der Waals surface area contributed by atoms with E-state index in [2.05, 4.69) is 203 Å². The van der Waals surface area contributed by atoms with E-state index in [1.54, 1.807) is 0 Å². The van der Waals surface area contributed by atoms with E-state index in [0.717, 1.165) is 95.2 Å². The summed E-state index contributed by atoms with van der Waals surface area (Å²) in [5.74, 6) is 4.19. The summed E-state index contributed by atoms with van der Waals surface area (Å²) in [5, 5.41) is 0. The first-order valence-electron chi connectivity index (χ1n) is 20.8. The highest BCUT2D eigenvalue weighted by Crippen LogP contribution is 2.51. The molecule has 6 heteroatoms. The van der Waals surface area contributed by atoms with Gasteiger partial charge in [0.15, 0.2) is 0 Å². The van der Waals surface area contributed by atoms with Crippen molar-refractivity contribution in [3.8, 4) is 84.3 Å². The summed E-state index contributed by atoms with van der Waals surface area (Å²) in [4.78, 5) is 5.37. The van der Waals surface area contributed by atoms with Crippen LogP contribution in [0.4, 0.5) is 0 Å². The molecule has 0 spiro atoms. The molecule has 4 heterocycles. The van der Waals surface area contributed by atoms with Gasteiger partial charge < -0.3 is 9.47 Å². The number of nitrogens with zero attached hydrogens (tertiary/aromatic N) is 3. The van der Waals surface area contributed by atoms with E-state index in [1.807, 2.05) is 0 Å². The van der Waals surface area contributed by atoms with Gasteiger partial charge in [-0.25, -0.2) is 4.98 Å². The van der Waals surface area contributed by atoms with E-state index in [9.17, 15) is 0 Å². The van der Waals surface area contributed by atoms with Crippen molar-refractivity contribution in [2.75, 3.05) is 0 Å². The van der Waals surface area contributed by atoms with Crippen LogP contribution in [0.25, 0.3) is 89.2 Å². The fourth-order valence-electron chi connectivity index (χ4n) is 10.4. The Morgan fingerprint density at radius 3 is 1.43 bits per heavy atom. The van der Waals surface area contributed by atoms with Gasteiger partial charge in [-0.15, -0.1) is 0 Å². The van der Waals surface area contributed by atoms with E-state index in [1.165, 1.54) is 33.4 Å². The highest BCUT2D eigenvalue weighted by molar-refractivity contribution is 6.98. The lowest BCUT2D eigenvalue weighted by Gasteiger charge is -2.33. The predicted molar refractivity (Wildman–Crippen MR) is 248 cm³/mol. The summed E-state index contributed by atoms with van der Waals surface area (Å²) < 4.78 is 18.5. The van der Waals surface area contributed by atoms with E-state index in [-0.39, 0.29) is 6.71 Å². The van der Waals surface area contributed by atoms with Crippen molar-refractivity contribution in [1.82, 2.24) is 14.0 Å². The number of hydrogen-bond acceptors (Lipinski definition) is 3. The zero-order valence-corrected chi connectivity index (χ0v) is 32.7. The molecule has 0 unspecified atom stereocenters. The molecule has 0 saturated heterocycles. The molecule has 0 saturated carbocycles. The van der Waals surface area contributed by atoms with Crippen LogP contribution in [0.1, 0.15) is 0 Å². The fourth-order valence-corrected chi connectivity index (χ4v) is 10.4. The predicted octanol–water partition coefficient (Wildman–Crippen LogP) is 11.8. The molecule has 0 atom stereocenters. The molecule has 2 aliphatic heterocycles. The molecular formula is C55H32BN3O2. The Hall–Kier alpha value is -8.09. The van der Waals surface area contributed by atoms with Crippen LogP contribution in [0.3, 0.4) is 0 Å². The second-order valence-corrected chi connectivity index (χ2v) is 16.2. The van der Waals surface area contributed by atoms with Gasteiger partial charge in [0, 0.05) is 11.0 Å². The zero-order chi connectivity index (χ0) is 39.8. The third-order valence-corrected chi connectivity index (χ3v) is 13.0. The van der Waals surface area contributed by atoms with E-state index >= 15 is 0 Å². The van der Waals surface area contributed by atoms with Crippen LogP contribution >= 0.6 is 0 Å². The minimum atomic E-state index is -0.0157. The summed E-state index contributed by atoms with van der Waals surface area (Å²) in [6.07, 6.45) is 0. The van der Waals surface area contributed by atoms with Crippen molar-refractivity contribution < 1.29 is 9.47 Å².